The van der Waals surface area contributed by atoms with Crippen molar-refractivity contribution in [3.05, 3.63) is 65.7 Å². The van der Waals surface area contributed by atoms with E-state index in [0.29, 0.717) is 22.7 Å². The topological polar surface area (TPSA) is 71.0 Å². The number of nitrogens with one attached hydrogen (secondary N) is 1. The quantitative estimate of drug-likeness (QED) is 0.335. The molecule has 9 heteroatoms. The maximum Gasteiger partial charge on any atom is 0.280 e. The van der Waals surface area contributed by atoms with Gasteiger partial charge >= 0.3 is 0 Å². The van der Waals surface area contributed by atoms with Crippen LogP contribution in [0, 0.1) is 5.92 Å². The van der Waals surface area contributed by atoms with Crippen LogP contribution in [0.2, 0.25) is 0 Å². The summed E-state index contributed by atoms with van der Waals surface area (Å²) in [7, 11) is 0. The normalized spacial score (nSPS) is 16.3. The van der Waals surface area contributed by atoms with Crippen LogP contribution in [0.5, 0.6) is 5.75 Å². The van der Waals surface area contributed by atoms with Crippen LogP contribution in [0.1, 0.15) is 26.3 Å². The number of ether oxygens (including phenoxy) is 1. The first-order valence-corrected chi connectivity index (χ1v) is 11.0. The lowest BCUT2D eigenvalue weighted by atomic mass is 10.1. The smallest absolute Gasteiger partial charge is 0.280 e. The van der Waals surface area contributed by atoms with Crippen molar-refractivity contribution in [3.8, 4) is 5.75 Å². The Bertz CT molecular complexity index is 1050. The van der Waals surface area contributed by atoms with Crippen molar-refractivity contribution >= 4 is 64.1 Å². The van der Waals surface area contributed by atoms with Crippen LogP contribution < -0.4 is 15.1 Å². The predicted molar refractivity (Wildman–Crippen MR) is 129 cm³/mol. The van der Waals surface area contributed by atoms with Crippen molar-refractivity contribution in [3.63, 3.8) is 0 Å². The van der Waals surface area contributed by atoms with Crippen molar-refractivity contribution in [1.82, 2.24) is 5.32 Å². The van der Waals surface area contributed by atoms with Crippen molar-refractivity contribution in [2.24, 2.45) is 11.0 Å². The van der Waals surface area contributed by atoms with Gasteiger partial charge in [0, 0.05) is 5.92 Å². The summed E-state index contributed by atoms with van der Waals surface area (Å²) in [5.41, 5.74) is 2.57. The van der Waals surface area contributed by atoms with Gasteiger partial charge in [-0.15, -0.1) is 0 Å². The first-order chi connectivity index (χ1) is 15.1. The molecule has 6 nitrogen and oxygen atoms in total. The molecule has 168 valence electrons. The minimum absolute atomic E-state index is 0.207. The van der Waals surface area contributed by atoms with Crippen LogP contribution >= 0.6 is 34.8 Å². The van der Waals surface area contributed by atoms with Gasteiger partial charge in [0.15, 0.2) is 0 Å². The number of halogens is 3. The number of hydrazone groups is 1. The molecule has 2 amide bonds. The standard InChI is InChI=1S/C23H22Cl3N3O3/c1-14(2)20(30)27-22(23(24,25)26)32-18-11-9-16(10-12-18)13-19-15(3)28-29(21(19)31)17-7-5-4-6-8-17/h4-14,22H,1-3H3,(H,27,30). The summed E-state index contributed by atoms with van der Waals surface area (Å²) in [5, 5.41) is 8.32. The lowest BCUT2D eigenvalue weighted by Crippen LogP contribution is -2.49. The average molecular weight is 495 g/mol. The molecule has 0 saturated carbocycles. The summed E-state index contributed by atoms with van der Waals surface area (Å²) in [5.74, 6) is -0.421. The van der Waals surface area contributed by atoms with Gasteiger partial charge in [-0.1, -0.05) is 79.0 Å². The van der Waals surface area contributed by atoms with Crippen LogP contribution in [-0.2, 0) is 9.59 Å². The SMILES string of the molecule is CC1=NN(c2ccccc2)C(=O)C1=Cc1ccc(OC(NC(=O)C(C)C)C(Cl)(Cl)Cl)cc1. The second kappa shape index (κ2) is 9.94. The van der Waals surface area contributed by atoms with Gasteiger partial charge < -0.3 is 10.1 Å². The maximum absolute atomic E-state index is 12.8. The number of hydrogen-bond acceptors (Lipinski definition) is 4. The Labute approximate surface area is 201 Å². The zero-order valence-electron chi connectivity index (χ0n) is 17.7. The molecule has 1 atom stereocenters. The first kappa shape index (κ1) is 24.1. The Morgan fingerprint density at radius 3 is 2.28 bits per heavy atom. The minimum atomic E-state index is -1.87. The Balaban J connectivity index is 1.75. The highest BCUT2D eigenvalue weighted by Gasteiger charge is 2.36. The monoisotopic (exact) mass is 493 g/mol. The van der Waals surface area contributed by atoms with Crippen molar-refractivity contribution in [2.75, 3.05) is 5.01 Å². The van der Waals surface area contributed by atoms with Crippen LogP contribution in [0.15, 0.2) is 65.3 Å². The number of rotatable bonds is 6. The number of hydrogen-bond donors (Lipinski definition) is 1. The second-order valence-electron chi connectivity index (χ2n) is 7.47. The van der Waals surface area contributed by atoms with Crippen LogP contribution in [0.4, 0.5) is 5.69 Å². The summed E-state index contributed by atoms with van der Waals surface area (Å²) in [6.07, 6.45) is 0.581. The van der Waals surface area contributed by atoms with Gasteiger partial charge in [-0.25, -0.2) is 0 Å². The number of para-hydroxylation sites is 1. The number of carbonyl (C=O) groups excluding carboxylic acids is 2. The highest BCUT2D eigenvalue weighted by molar-refractivity contribution is 6.68. The molecule has 1 heterocycles. The number of nitrogens with zero attached hydrogens (tertiary/aromatic N) is 2. The molecule has 0 aliphatic carbocycles. The van der Waals surface area contributed by atoms with E-state index in [-0.39, 0.29) is 17.7 Å². The molecule has 0 aromatic heterocycles. The molecule has 3 rings (SSSR count). The number of amides is 2. The number of benzene rings is 2. The largest absolute Gasteiger partial charge is 0.466 e. The molecular formula is C23H22Cl3N3O3. The van der Waals surface area contributed by atoms with Crippen molar-refractivity contribution in [1.29, 1.82) is 0 Å². The van der Waals surface area contributed by atoms with E-state index in [2.05, 4.69) is 10.4 Å². The lowest BCUT2D eigenvalue weighted by molar-refractivity contribution is -0.126. The molecule has 1 unspecified atom stereocenters. The molecule has 1 aliphatic rings. The van der Waals surface area contributed by atoms with E-state index in [9.17, 15) is 9.59 Å². The van der Waals surface area contributed by atoms with Crippen LogP contribution in [0.25, 0.3) is 6.08 Å². The molecule has 0 saturated heterocycles. The van der Waals surface area contributed by atoms with E-state index in [1.165, 1.54) is 5.01 Å². The predicted octanol–water partition coefficient (Wildman–Crippen LogP) is 5.34. The van der Waals surface area contributed by atoms with Crippen molar-refractivity contribution in [2.45, 2.75) is 30.8 Å². The molecule has 0 radical (unpaired) electrons. The van der Waals surface area contributed by atoms with Gasteiger partial charge in [0.2, 0.25) is 15.9 Å². The molecule has 2 aromatic rings. The Morgan fingerprint density at radius 2 is 1.72 bits per heavy atom. The van der Waals surface area contributed by atoms with Gasteiger partial charge in [0.25, 0.3) is 5.91 Å². The number of alkyl halides is 3. The minimum Gasteiger partial charge on any atom is -0.466 e. The summed E-state index contributed by atoms with van der Waals surface area (Å²) in [4.78, 5) is 24.8. The molecule has 1 N–H and O–H groups in total. The second-order valence-corrected chi connectivity index (χ2v) is 9.84. The summed E-state index contributed by atoms with van der Waals surface area (Å²) in [6, 6.07) is 16.1. The Hall–Kier alpha value is -2.54. The van der Waals surface area contributed by atoms with Gasteiger partial charge in [-0.3, -0.25) is 9.59 Å². The van der Waals surface area contributed by atoms with Crippen molar-refractivity contribution < 1.29 is 14.3 Å². The third kappa shape index (κ3) is 5.82. The molecule has 1 aliphatic heterocycles. The molecule has 32 heavy (non-hydrogen) atoms. The average Bonchev–Trinajstić information content (AvgIpc) is 3.02. The van der Waals surface area contributed by atoms with Gasteiger partial charge in [-0.2, -0.15) is 10.1 Å². The molecule has 0 bridgehead atoms. The maximum atomic E-state index is 12.8. The molecule has 0 spiro atoms. The van der Waals surface area contributed by atoms with E-state index in [0.717, 1.165) is 5.56 Å². The van der Waals surface area contributed by atoms with Crippen LogP contribution in [0.3, 0.4) is 0 Å². The fraction of sp³-hybridized carbons (Fsp3) is 0.261. The molecular weight excluding hydrogens is 473 g/mol. The molecule has 0 fully saturated rings. The summed E-state index contributed by atoms with van der Waals surface area (Å²) in [6.45, 7) is 5.23. The lowest BCUT2D eigenvalue weighted by Gasteiger charge is -2.27. The summed E-state index contributed by atoms with van der Waals surface area (Å²) < 4.78 is 3.83. The van der Waals surface area contributed by atoms with E-state index >= 15 is 0 Å². The summed E-state index contributed by atoms with van der Waals surface area (Å²) >= 11 is 17.9. The molecule has 2 aromatic carbocycles. The Morgan fingerprint density at radius 1 is 1.09 bits per heavy atom. The number of anilines is 1. The highest BCUT2D eigenvalue weighted by atomic mass is 35.6. The zero-order valence-corrected chi connectivity index (χ0v) is 19.9. The van der Waals surface area contributed by atoms with E-state index < -0.39 is 10.0 Å². The fourth-order valence-corrected chi connectivity index (χ4v) is 3.15. The third-order valence-corrected chi connectivity index (χ3v) is 5.20. The fourth-order valence-electron chi connectivity index (χ4n) is 2.85. The number of carbonyl (C=O) groups is 2. The van der Waals surface area contributed by atoms with Crippen LogP contribution in [-0.4, -0.2) is 27.5 Å². The van der Waals surface area contributed by atoms with E-state index in [1.807, 2.05) is 30.3 Å². The van der Waals surface area contributed by atoms with E-state index in [1.54, 1.807) is 51.1 Å². The Kier molecular flexibility index (Phi) is 7.49. The third-order valence-electron chi connectivity index (χ3n) is 4.60. The van der Waals surface area contributed by atoms with Gasteiger partial charge in [0.05, 0.1) is 17.0 Å². The van der Waals surface area contributed by atoms with Gasteiger partial charge in [-0.05, 0) is 42.8 Å². The first-order valence-electron chi connectivity index (χ1n) is 9.87. The zero-order chi connectivity index (χ0) is 23.5. The van der Waals surface area contributed by atoms with E-state index in [4.69, 9.17) is 39.5 Å². The van der Waals surface area contributed by atoms with Gasteiger partial charge in [0.1, 0.15) is 5.75 Å². The highest BCUT2D eigenvalue weighted by Crippen LogP contribution is 2.32.